The fourth-order valence-corrected chi connectivity index (χ4v) is 3.95. The maximum Gasteiger partial charge on any atom is 0.344 e. The van der Waals surface area contributed by atoms with Crippen LogP contribution in [0.2, 0.25) is 0 Å². The second kappa shape index (κ2) is 9.02. The summed E-state index contributed by atoms with van der Waals surface area (Å²) >= 11 is 0. The molecule has 0 aliphatic carbocycles. The smallest absolute Gasteiger partial charge is 0.344 e. The van der Waals surface area contributed by atoms with Crippen molar-refractivity contribution in [3.05, 3.63) is 59.0 Å². The fourth-order valence-electron chi connectivity index (χ4n) is 3.95. The summed E-state index contributed by atoms with van der Waals surface area (Å²) in [6.07, 6.45) is 3.55. The van der Waals surface area contributed by atoms with Crippen molar-refractivity contribution in [1.82, 2.24) is 4.57 Å². The molecular formula is C26H27NO6. The Morgan fingerprint density at radius 3 is 2.67 bits per heavy atom. The van der Waals surface area contributed by atoms with Gasteiger partial charge in [-0.1, -0.05) is 0 Å². The molecule has 0 radical (unpaired) electrons. The van der Waals surface area contributed by atoms with Crippen molar-refractivity contribution >= 4 is 28.7 Å². The molecule has 0 spiro atoms. The second-order valence-electron chi connectivity index (χ2n) is 8.13. The molecule has 0 unspecified atom stereocenters. The highest BCUT2D eigenvalue weighted by Gasteiger charge is 2.30. The Labute approximate surface area is 192 Å². The Hall–Kier alpha value is -3.74. The molecule has 4 rings (SSSR count). The molecule has 1 aliphatic rings. The summed E-state index contributed by atoms with van der Waals surface area (Å²) in [5.41, 5.74) is 3.13. The number of Topliss-reactive ketones (excluding diaryl/α,β-unsaturated/α-hetero) is 1. The molecule has 172 valence electrons. The van der Waals surface area contributed by atoms with Crippen LogP contribution in [0.15, 0.2) is 42.3 Å². The standard InChI is InChI=1S/C26H27NO6/c1-6-27-13-17(20-11-18(30-5)7-8-21(20)27)10-23-26(29)25-16(4)9-19(12-22(25)33-23)31-14-24(28)32-15(2)3/h7-13,15H,6,14H2,1-5H3/b23-10-. The van der Waals surface area contributed by atoms with E-state index in [4.69, 9.17) is 18.9 Å². The van der Waals surface area contributed by atoms with Gasteiger partial charge in [-0.2, -0.15) is 0 Å². The first-order valence-corrected chi connectivity index (χ1v) is 10.9. The Bertz CT molecular complexity index is 1270. The average Bonchev–Trinajstić information content (AvgIpc) is 3.29. The molecule has 0 bridgehead atoms. The fraction of sp³-hybridized carbons (Fsp3) is 0.308. The lowest BCUT2D eigenvalue weighted by atomic mass is 10.0. The lowest BCUT2D eigenvalue weighted by Crippen LogP contribution is -2.18. The van der Waals surface area contributed by atoms with Crippen LogP contribution >= 0.6 is 0 Å². The van der Waals surface area contributed by atoms with Crippen LogP contribution in [0, 0.1) is 6.92 Å². The number of fused-ring (bicyclic) bond motifs is 2. The van der Waals surface area contributed by atoms with Crippen LogP contribution in [-0.4, -0.2) is 36.1 Å². The largest absolute Gasteiger partial charge is 0.497 e. The number of allylic oxidation sites excluding steroid dienone is 1. The first-order chi connectivity index (χ1) is 15.8. The van der Waals surface area contributed by atoms with Crippen molar-refractivity contribution in [2.45, 2.75) is 40.3 Å². The SMILES string of the molecule is CCn1cc(/C=C2\Oc3cc(OCC(=O)OC(C)C)cc(C)c3C2=O)c2cc(OC)ccc21. The molecule has 2 heterocycles. The zero-order valence-corrected chi connectivity index (χ0v) is 19.4. The van der Waals surface area contributed by atoms with E-state index in [1.54, 1.807) is 39.2 Å². The molecule has 1 aliphatic heterocycles. The number of aromatic nitrogens is 1. The molecule has 1 aromatic heterocycles. The van der Waals surface area contributed by atoms with Gasteiger partial charge in [0.05, 0.1) is 18.8 Å². The van der Waals surface area contributed by atoms with E-state index in [0.29, 0.717) is 22.6 Å². The van der Waals surface area contributed by atoms with E-state index in [1.165, 1.54) is 0 Å². The minimum absolute atomic E-state index is 0.187. The van der Waals surface area contributed by atoms with E-state index < -0.39 is 5.97 Å². The van der Waals surface area contributed by atoms with Crippen LogP contribution < -0.4 is 14.2 Å². The molecule has 7 nitrogen and oxygen atoms in total. The van der Waals surface area contributed by atoms with Gasteiger partial charge in [0.15, 0.2) is 12.4 Å². The highest BCUT2D eigenvalue weighted by Crippen LogP contribution is 2.38. The third-order valence-electron chi connectivity index (χ3n) is 5.41. The molecule has 0 saturated carbocycles. The number of aryl methyl sites for hydroxylation is 2. The molecule has 33 heavy (non-hydrogen) atoms. The summed E-state index contributed by atoms with van der Waals surface area (Å²) in [5.74, 6) is 1.19. The topological polar surface area (TPSA) is 76.0 Å². The zero-order valence-electron chi connectivity index (χ0n) is 19.4. The van der Waals surface area contributed by atoms with Gasteiger partial charge in [0.1, 0.15) is 17.2 Å². The lowest BCUT2D eigenvalue weighted by molar-refractivity contribution is -0.149. The summed E-state index contributed by atoms with van der Waals surface area (Å²) in [7, 11) is 1.63. The number of methoxy groups -OCH3 is 1. The van der Waals surface area contributed by atoms with Crippen molar-refractivity contribution in [2.75, 3.05) is 13.7 Å². The van der Waals surface area contributed by atoms with Crippen molar-refractivity contribution in [2.24, 2.45) is 0 Å². The highest BCUT2D eigenvalue weighted by atomic mass is 16.6. The van der Waals surface area contributed by atoms with Crippen LogP contribution in [0.5, 0.6) is 17.2 Å². The van der Waals surface area contributed by atoms with Crippen molar-refractivity contribution in [3.8, 4) is 17.2 Å². The number of carbonyl (C=O) groups is 2. The highest BCUT2D eigenvalue weighted by molar-refractivity contribution is 6.16. The number of hydrogen-bond donors (Lipinski definition) is 0. The predicted molar refractivity (Wildman–Crippen MR) is 125 cm³/mol. The third kappa shape index (κ3) is 4.44. The normalized spacial score (nSPS) is 14.0. The first kappa shape index (κ1) is 22.5. The number of hydrogen-bond acceptors (Lipinski definition) is 6. The monoisotopic (exact) mass is 449 g/mol. The van der Waals surface area contributed by atoms with Gasteiger partial charge >= 0.3 is 5.97 Å². The molecule has 0 fully saturated rings. The second-order valence-corrected chi connectivity index (χ2v) is 8.13. The maximum absolute atomic E-state index is 13.1. The number of carbonyl (C=O) groups excluding carboxylic acids is 2. The number of ketones is 1. The van der Waals surface area contributed by atoms with Crippen LogP contribution in [0.3, 0.4) is 0 Å². The van der Waals surface area contributed by atoms with E-state index in [2.05, 4.69) is 11.5 Å². The third-order valence-corrected chi connectivity index (χ3v) is 5.41. The Kier molecular flexibility index (Phi) is 6.14. The van der Waals surface area contributed by atoms with E-state index in [-0.39, 0.29) is 24.3 Å². The molecular weight excluding hydrogens is 422 g/mol. The van der Waals surface area contributed by atoms with Crippen LogP contribution in [0.25, 0.3) is 17.0 Å². The maximum atomic E-state index is 13.1. The first-order valence-electron chi connectivity index (χ1n) is 10.9. The summed E-state index contributed by atoms with van der Waals surface area (Å²) in [6.45, 7) is 8.01. The summed E-state index contributed by atoms with van der Waals surface area (Å²) in [4.78, 5) is 24.9. The van der Waals surface area contributed by atoms with Gasteiger partial charge in [-0.05, 0) is 63.6 Å². The van der Waals surface area contributed by atoms with Crippen molar-refractivity contribution in [3.63, 3.8) is 0 Å². The van der Waals surface area contributed by atoms with Crippen molar-refractivity contribution < 1.29 is 28.5 Å². The summed E-state index contributed by atoms with van der Waals surface area (Å²) < 4.78 is 24.1. The van der Waals surface area contributed by atoms with E-state index in [9.17, 15) is 9.59 Å². The molecule has 2 aromatic carbocycles. The van der Waals surface area contributed by atoms with Crippen LogP contribution in [-0.2, 0) is 16.1 Å². The molecule has 7 heteroatoms. The number of esters is 1. The van der Waals surface area contributed by atoms with Gasteiger partial charge in [0, 0.05) is 35.3 Å². The van der Waals surface area contributed by atoms with Gasteiger partial charge < -0.3 is 23.5 Å². The van der Waals surface area contributed by atoms with Crippen LogP contribution in [0.1, 0.15) is 42.3 Å². The van der Waals surface area contributed by atoms with Gasteiger partial charge in [0.25, 0.3) is 0 Å². The Balaban J connectivity index is 1.64. The minimum Gasteiger partial charge on any atom is -0.497 e. The van der Waals surface area contributed by atoms with Gasteiger partial charge in [-0.3, -0.25) is 4.79 Å². The average molecular weight is 450 g/mol. The van der Waals surface area contributed by atoms with Gasteiger partial charge in [0.2, 0.25) is 5.78 Å². The quantitative estimate of drug-likeness (QED) is 0.376. The van der Waals surface area contributed by atoms with Gasteiger partial charge in [-0.25, -0.2) is 4.79 Å². The molecule has 0 saturated heterocycles. The molecule has 3 aromatic rings. The number of benzene rings is 2. The van der Waals surface area contributed by atoms with E-state index in [0.717, 1.165) is 28.8 Å². The van der Waals surface area contributed by atoms with Crippen molar-refractivity contribution in [1.29, 1.82) is 0 Å². The number of nitrogens with zero attached hydrogens (tertiary/aromatic N) is 1. The zero-order chi connectivity index (χ0) is 23.7. The summed E-state index contributed by atoms with van der Waals surface area (Å²) in [5, 5.41) is 0.973. The molecule has 0 N–H and O–H groups in total. The van der Waals surface area contributed by atoms with Crippen LogP contribution in [0.4, 0.5) is 0 Å². The number of ether oxygens (including phenoxy) is 4. The molecule has 0 amide bonds. The number of rotatable bonds is 7. The van der Waals surface area contributed by atoms with E-state index >= 15 is 0 Å². The van der Waals surface area contributed by atoms with E-state index in [1.807, 2.05) is 31.3 Å². The van der Waals surface area contributed by atoms with Gasteiger partial charge in [-0.15, -0.1) is 0 Å². The lowest BCUT2D eigenvalue weighted by Gasteiger charge is -2.10. The Morgan fingerprint density at radius 1 is 1.18 bits per heavy atom. The molecule has 0 atom stereocenters. The minimum atomic E-state index is -0.455. The predicted octanol–water partition coefficient (Wildman–Crippen LogP) is 4.92. The Morgan fingerprint density at radius 2 is 1.97 bits per heavy atom. The summed E-state index contributed by atoms with van der Waals surface area (Å²) in [6, 6.07) is 9.22.